The number of phenols is 1. The quantitative estimate of drug-likeness (QED) is 0.159. The Balaban J connectivity index is 1.70. The van der Waals surface area contributed by atoms with Crippen molar-refractivity contribution in [1.82, 2.24) is 14.5 Å². The number of rotatable bonds is 14. The molecular weight excluding hydrogens is 538 g/mol. The van der Waals surface area contributed by atoms with E-state index in [9.17, 15) is 5.11 Å². The molecule has 234 valence electrons. The first kappa shape index (κ1) is 32.0. The Morgan fingerprint density at radius 3 is 2.07 bits per heavy atom. The first-order valence-corrected chi connectivity index (χ1v) is 17.2. The van der Waals surface area contributed by atoms with Crippen LogP contribution >= 0.6 is 0 Å². The summed E-state index contributed by atoms with van der Waals surface area (Å²) in [5, 5.41) is 10.6. The van der Waals surface area contributed by atoms with Crippen molar-refractivity contribution < 1.29 is 5.11 Å². The fraction of sp³-hybridized carbons (Fsp3) is 0.475. The van der Waals surface area contributed by atoms with Crippen LogP contribution < -0.4 is 0 Å². The van der Waals surface area contributed by atoms with Gasteiger partial charge in [0.2, 0.25) is 0 Å². The Kier molecular flexibility index (Phi) is 11.3. The summed E-state index contributed by atoms with van der Waals surface area (Å²) in [6, 6.07) is 26.3. The van der Waals surface area contributed by atoms with Crippen LogP contribution in [0.15, 0.2) is 72.8 Å². The summed E-state index contributed by atoms with van der Waals surface area (Å²) in [5.74, 6) is 2.22. The van der Waals surface area contributed by atoms with Gasteiger partial charge in [-0.3, -0.25) is 4.90 Å². The molecule has 1 aliphatic rings. The molecule has 44 heavy (non-hydrogen) atoms. The van der Waals surface area contributed by atoms with Crippen molar-refractivity contribution in [2.24, 2.45) is 5.92 Å². The smallest absolute Gasteiger partial charge is 0.140 e. The first-order chi connectivity index (χ1) is 21.5. The highest BCUT2D eigenvalue weighted by atomic mass is 16.3. The number of nitrogens with zero attached hydrogens (tertiary/aromatic N) is 3. The Bertz CT molecular complexity index is 1430. The number of hydrogen-bond acceptors (Lipinski definition) is 3. The molecule has 4 aromatic rings. The number of aryl methyl sites for hydroxylation is 2. The normalized spacial score (nSPS) is 14.8. The Morgan fingerprint density at radius 2 is 1.45 bits per heavy atom. The molecule has 0 amide bonds. The van der Waals surface area contributed by atoms with Crippen molar-refractivity contribution in [3.05, 3.63) is 95.2 Å². The Hall–Kier alpha value is -3.37. The first-order valence-electron chi connectivity index (χ1n) is 17.2. The fourth-order valence-corrected chi connectivity index (χ4v) is 7.23. The number of phenolic OH excluding ortho intramolecular Hbond substituents is 1. The number of imidazole rings is 1. The minimum Gasteiger partial charge on any atom is -0.507 e. The van der Waals surface area contributed by atoms with E-state index < -0.39 is 0 Å². The van der Waals surface area contributed by atoms with Crippen LogP contribution in [0.2, 0.25) is 0 Å². The summed E-state index contributed by atoms with van der Waals surface area (Å²) in [7, 11) is 0. The van der Waals surface area contributed by atoms with E-state index in [0.29, 0.717) is 11.7 Å². The van der Waals surface area contributed by atoms with E-state index in [4.69, 9.17) is 4.98 Å². The van der Waals surface area contributed by atoms with Gasteiger partial charge in [0.25, 0.3) is 0 Å². The van der Waals surface area contributed by atoms with E-state index in [0.717, 1.165) is 61.5 Å². The van der Waals surface area contributed by atoms with Crippen molar-refractivity contribution in [3.63, 3.8) is 0 Å². The second-order valence-electron chi connectivity index (χ2n) is 13.1. The molecule has 5 rings (SSSR count). The van der Waals surface area contributed by atoms with Crippen LogP contribution in [-0.4, -0.2) is 26.1 Å². The summed E-state index contributed by atoms with van der Waals surface area (Å²) >= 11 is 0. The van der Waals surface area contributed by atoms with Gasteiger partial charge >= 0.3 is 0 Å². The number of unbranched alkanes of at least 4 members (excludes halogenated alkanes) is 2. The van der Waals surface area contributed by atoms with Gasteiger partial charge in [0, 0.05) is 30.8 Å². The number of aromatic nitrogens is 2. The lowest BCUT2D eigenvalue weighted by Gasteiger charge is -2.37. The highest BCUT2D eigenvalue weighted by molar-refractivity contribution is 5.69. The predicted octanol–water partition coefficient (Wildman–Crippen LogP) is 10.7. The molecule has 1 saturated carbocycles. The van der Waals surface area contributed by atoms with Gasteiger partial charge in [-0.25, -0.2) is 4.98 Å². The summed E-state index contributed by atoms with van der Waals surface area (Å²) < 4.78 is 2.59. The third-order valence-electron chi connectivity index (χ3n) is 9.56. The fourth-order valence-electron chi connectivity index (χ4n) is 7.23. The van der Waals surface area contributed by atoms with Crippen LogP contribution in [-0.2, 0) is 13.1 Å². The molecule has 0 bridgehead atoms. The molecule has 0 aliphatic heterocycles. The standard InChI is InChI=1S/C40H53N3O/c1-5-7-24-36(42(28-32-18-12-9-13-19-32)29-33-26-30(3)39(44)31(4)27-33)38-37(34-20-14-10-15-21-34)41-40(43(38)25-8-6-2)35-22-16-11-17-23-35/h10-11,14-17,20-23,26-27,32,36,44H,5-9,12-13,18-19,24-25,28-29H2,1-4H3. The minimum atomic E-state index is 0.239. The highest BCUT2D eigenvalue weighted by Gasteiger charge is 2.32. The van der Waals surface area contributed by atoms with Crippen molar-refractivity contribution >= 4 is 0 Å². The van der Waals surface area contributed by atoms with E-state index in [-0.39, 0.29) is 6.04 Å². The monoisotopic (exact) mass is 591 g/mol. The van der Waals surface area contributed by atoms with Gasteiger partial charge in [0.05, 0.1) is 17.4 Å². The molecule has 1 N–H and O–H groups in total. The SMILES string of the molecule is CCCCC(c1c(-c2ccccc2)nc(-c2ccccc2)n1CCCC)N(Cc1cc(C)c(O)c(C)c1)CC1CCCCC1. The number of aromatic hydroxyl groups is 1. The molecule has 1 atom stereocenters. The lowest BCUT2D eigenvalue weighted by Crippen LogP contribution is -2.35. The Morgan fingerprint density at radius 1 is 0.841 bits per heavy atom. The van der Waals surface area contributed by atoms with Crippen LogP contribution in [0.25, 0.3) is 22.6 Å². The van der Waals surface area contributed by atoms with Crippen molar-refractivity contribution in [2.45, 2.75) is 111 Å². The molecule has 1 aromatic heterocycles. The molecule has 3 aromatic carbocycles. The maximum atomic E-state index is 10.6. The molecule has 1 aliphatic carbocycles. The second-order valence-corrected chi connectivity index (χ2v) is 13.1. The van der Waals surface area contributed by atoms with Gasteiger partial charge in [-0.2, -0.15) is 0 Å². The van der Waals surface area contributed by atoms with Gasteiger partial charge < -0.3 is 9.67 Å². The summed E-state index contributed by atoms with van der Waals surface area (Å²) in [4.78, 5) is 8.32. The van der Waals surface area contributed by atoms with Crippen molar-refractivity contribution in [3.8, 4) is 28.4 Å². The predicted molar refractivity (Wildman–Crippen MR) is 185 cm³/mol. The largest absolute Gasteiger partial charge is 0.507 e. The molecule has 1 unspecified atom stereocenters. The zero-order chi connectivity index (χ0) is 30.9. The molecule has 4 heteroatoms. The van der Waals surface area contributed by atoms with E-state index >= 15 is 0 Å². The van der Waals surface area contributed by atoms with Gasteiger partial charge in [-0.05, 0) is 62.1 Å². The van der Waals surface area contributed by atoms with Crippen LogP contribution in [0, 0.1) is 19.8 Å². The van der Waals surface area contributed by atoms with Gasteiger partial charge in [0.15, 0.2) is 0 Å². The summed E-state index contributed by atoms with van der Waals surface area (Å²) in [6.07, 6.45) is 12.4. The van der Waals surface area contributed by atoms with Crippen LogP contribution in [0.5, 0.6) is 5.75 Å². The maximum absolute atomic E-state index is 10.6. The van der Waals surface area contributed by atoms with Gasteiger partial charge in [0.1, 0.15) is 11.6 Å². The molecule has 4 nitrogen and oxygen atoms in total. The van der Waals surface area contributed by atoms with Crippen LogP contribution in [0.1, 0.15) is 106 Å². The molecule has 1 fully saturated rings. The van der Waals surface area contributed by atoms with Gasteiger partial charge in [-0.15, -0.1) is 0 Å². The molecule has 0 radical (unpaired) electrons. The van der Waals surface area contributed by atoms with E-state index in [1.54, 1.807) is 0 Å². The second kappa shape index (κ2) is 15.6. The Labute approximate surface area is 266 Å². The van der Waals surface area contributed by atoms with Crippen LogP contribution in [0.4, 0.5) is 0 Å². The molecular formula is C40H53N3O. The number of benzene rings is 3. The average molecular weight is 592 g/mol. The van der Waals surface area contributed by atoms with E-state index in [2.05, 4.69) is 96.1 Å². The molecule has 0 spiro atoms. The third kappa shape index (κ3) is 7.64. The molecule has 1 heterocycles. The topological polar surface area (TPSA) is 41.3 Å². The average Bonchev–Trinajstić information content (AvgIpc) is 3.43. The van der Waals surface area contributed by atoms with Gasteiger partial charge in [-0.1, -0.05) is 125 Å². The number of hydrogen-bond donors (Lipinski definition) is 1. The third-order valence-corrected chi connectivity index (χ3v) is 9.56. The maximum Gasteiger partial charge on any atom is 0.140 e. The summed E-state index contributed by atoms with van der Waals surface area (Å²) in [6.45, 7) is 11.6. The van der Waals surface area contributed by atoms with E-state index in [1.807, 2.05) is 13.8 Å². The van der Waals surface area contributed by atoms with Crippen molar-refractivity contribution in [1.29, 1.82) is 0 Å². The lowest BCUT2D eigenvalue weighted by molar-refractivity contribution is 0.127. The highest BCUT2D eigenvalue weighted by Crippen LogP contribution is 2.40. The zero-order valence-corrected chi connectivity index (χ0v) is 27.6. The zero-order valence-electron chi connectivity index (χ0n) is 27.6. The van der Waals surface area contributed by atoms with Crippen molar-refractivity contribution in [2.75, 3.05) is 6.54 Å². The van der Waals surface area contributed by atoms with Crippen LogP contribution in [0.3, 0.4) is 0 Å². The van der Waals surface area contributed by atoms with E-state index in [1.165, 1.54) is 67.3 Å². The molecule has 0 saturated heterocycles. The minimum absolute atomic E-state index is 0.239. The lowest BCUT2D eigenvalue weighted by atomic mass is 9.87. The summed E-state index contributed by atoms with van der Waals surface area (Å²) in [5.41, 5.74) is 8.11.